The summed E-state index contributed by atoms with van der Waals surface area (Å²) < 4.78 is 18.3. The molecule has 34 heavy (non-hydrogen) atoms. The third-order valence-corrected chi connectivity index (χ3v) is 5.21. The van der Waals surface area contributed by atoms with E-state index in [1.807, 2.05) is 96.6 Å². The van der Waals surface area contributed by atoms with Gasteiger partial charge in [-0.05, 0) is 42.4 Å². The van der Waals surface area contributed by atoms with Crippen molar-refractivity contribution in [3.63, 3.8) is 0 Å². The van der Waals surface area contributed by atoms with Crippen LogP contribution in [0.25, 0.3) is 21.9 Å². The van der Waals surface area contributed by atoms with E-state index in [0.717, 1.165) is 22.0 Å². The molecule has 3 aromatic carbocycles. The molecule has 0 N–H and O–H groups in total. The van der Waals surface area contributed by atoms with Crippen LogP contribution in [0.2, 0.25) is 0 Å². The normalized spacial score (nSPS) is 12.9. The van der Waals surface area contributed by atoms with Gasteiger partial charge in [0.15, 0.2) is 0 Å². The molecule has 0 unspecified atom stereocenters. The van der Waals surface area contributed by atoms with Crippen LogP contribution in [-0.2, 0) is 21.1 Å². The Morgan fingerprint density at radius 3 is 2.59 bits per heavy atom. The van der Waals surface area contributed by atoms with E-state index < -0.39 is 0 Å². The number of pyridine rings is 1. The zero-order chi connectivity index (χ0) is 22.2. The summed E-state index contributed by atoms with van der Waals surface area (Å²) in [6.07, 6.45) is 5.61. The average molecular weight is 628 g/mol. The molecule has 3 heterocycles. The molecule has 172 valence electrons. The first-order valence-electron chi connectivity index (χ1n) is 10.4. The number of nitrogens with zero attached hydrogens (tertiary/aromatic N) is 3. The van der Waals surface area contributed by atoms with E-state index >= 15 is 0 Å². The molecule has 6 rings (SSSR count). The first kappa shape index (κ1) is 22.1. The number of benzene rings is 3. The summed E-state index contributed by atoms with van der Waals surface area (Å²) in [7, 11) is 1.97. The van der Waals surface area contributed by atoms with Crippen molar-refractivity contribution in [2.45, 2.75) is 0 Å². The minimum Gasteiger partial charge on any atom is -0.510 e. The molecule has 5 aromatic rings. The molecular formula is C27H18N3O3Pt-3. The van der Waals surface area contributed by atoms with Crippen molar-refractivity contribution >= 4 is 27.6 Å². The van der Waals surface area contributed by atoms with Gasteiger partial charge in [-0.1, -0.05) is 36.4 Å². The minimum absolute atomic E-state index is 0. The van der Waals surface area contributed by atoms with Crippen molar-refractivity contribution in [2.75, 3.05) is 11.9 Å². The second-order valence-corrected chi connectivity index (χ2v) is 7.56. The Kier molecular flexibility index (Phi) is 5.99. The van der Waals surface area contributed by atoms with Gasteiger partial charge in [0.05, 0.1) is 0 Å². The SMILES string of the molecule is CN1C=CN(c2[c-]c(Oc3[c-]c(Oc4ccccn4)c4c(c3)oc3ccccc34)ccc2)[CH-]1.[Pt]. The third-order valence-electron chi connectivity index (χ3n) is 5.21. The maximum Gasteiger partial charge on any atom is 0.216 e. The average Bonchev–Trinajstić information content (AvgIpc) is 3.43. The van der Waals surface area contributed by atoms with Gasteiger partial charge in [0.1, 0.15) is 5.58 Å². The molecule has 0 spiro atoms. The second-order valence-electron chi connectivity index (χ2n) is 7.56. The van der Waals surface area contributed by atoms with Gasteiger partial charge in [-0.25, -0.2) is 4.98 Å². The molecule has 0 aliphatic carbocycles. The number of furan rings is 1. The molecule has 0 atom stereocenters. The molecule has 1 aliphatic rings. The van der Waals surface area contributed by atoms with E-state index in [1.54, 1.807) is 12.3 Å². The van der Waals surface area contributed by atoms with Gasteiger partial charge in [-0.15, -0.1) is 23.9 Å². The van der Waals surface area contributed by atoms with Gasteiger partial charge >= 0.3 is 0 Å². The van der Waals surface area contributed by atoms with E-state index in [9.17, 15) is 0 Å². The number of hydrogen-bond donors (Lipinski definition) is 0. The van der Waals surface area contributed by atoms with Gasteiger partial charge in [-0.2, -0.15) is 12.7 Å². The summed E-state index contributed by atoms with van der Waals surface area (Å²) in [5, 5.41) is 1.76. The van der Waals surface area contributed by atoms with Crippen LogP contribution in [0.15, 0.2) is 89.7 Å². The van der Waals surface area contributed by atoms with E-state index in [2.05, 4.69) is 17.1 Å². The van der Waals surface area contributed by atoms with E-state index in [0.29, 0.717) is 28.7 Å². The maximum absolute atomic E-state index is 6.14. The Bertz CT molecular complexity index is 1480. The summed E-state index contributed by atoms with van der Waals surface area (Å²) >= 11 is 0. The van der Waals surface area contributed by atoms with Crippen LogP contribution in [0.3, 0.4) is 0 Å². The molecule has 0 radical (unpaired) electrons. The van der Waals surface area contributed by atoms with Crippen LogP contribution < -0.4 is 14.4 Å². The Morgan fingerprint density at radius 1 is 0.882 bits per heavy atom. The Labute approximate surface area is 211 Å². The first-order chi connectivity index (χ1) is 16.2. The summed E-state index contributed by atoms with van der Waals surface area (Å²) in [6, 6.07) is 27.4. The molecular weight excluding hydrogens is 609 g/mol. The molecule has 0 amide bonds. The molecule has 7 heteroatoms. The molecule has 2 aromatic heterocycles. The smallest absolute Gasteiger partial charge is 0.216 e. The number of aromatic nitrogens is 1. The number of hydrogen-bond acceptors (Lipinski definition) is 6. The van der Waals surface area contributed by atoms with Gasteiger partial charge in [0.2, 0.25) is 5.88 Å². The first-order valence-corrected chi connectivity index (χ1v) is 10.4. The van der Waals surface area contributed by atoms with Crippen molar-refractivity contribution in [3.05, 3.63) is 104 Å². The van der Waals surface area contributed by atoms with Crippen LogP contribution in [0.1, 0.15) is 0 Å². The van der Waals surface area contributed by atoms with Crippen molar-refractivity contribution in [1.82, 2.24) is 9.88 Å². The minimum atomic E-state index is 0. The van der Waals surface area contributed by atoms with E-state index in [1.165, 1.54) is 0 Å². The standard InChI is InChI=1S/C27H18N3O3.Pt/c1-29-13-14-30(18-29)19-7-6-8-20(15-19)31-21-16-24-27(22-9-2-3-10-23(22)32-24)25(17-21)33-26-11-4-5-12-28-26;/h2-14,16,18H,1H3;/q-3;. The summed E-state index contributed by atoms with van der Waals surface area (Å²) in [6.45, 7) is 1.96. The number of para-hydroxylation sites is 1. The molecule has 0 fully saturated rings. The predicted octanol–water partition coefficient (Wildman–Crippen LogP) is 6.51. The summed E-state index contributed by atoms with van der Waals surface area (Å²) in [4.78, 5) is 8.21. The van der Waals surface area contributed by atoms with Crippen LogP contribution >= 0.6 is 0 Å². The van der Waals surface area contributed by atoms with Crippen LogP contribution in [0.5, 0.6) is 23.1 Å². The Balaban J connectivity index is 0.00000241. The second kappa shape index (κ2) is 9.24. The van der Waals surface area contributed by atoms with Gasteiger partial charge in [0.25, 0.3) is 0 Å². The number of rotatable bonds is 5. The van der Waals surface area contributed by atoms with Crippen LogP contribution in [-0.4, -0.2) is 16.9 Å². The topological polar surface area (TPSA) is 51.0 Å². The molecule has 0 saturated heterocycles. The zero-order valence-electron chi connectivity index (χ0n) is 18.0. The molecule has 1 aliphatic heterocycles. The molecule has 0 saturated carbocycles. The fourth-order valence-electron chi connectivity index (χ4n) is 3.73. The monoisotopic (exact) mass is 627 g/mol. The van der Waals surface area contributed by atoms with Crippen LogP contribution in [0, 0.1) is 18.8 Å². The summed E-state index contributed by atoms with van der Waals surface area (Å²) in [5.41, 5.74) is 2.27. The quantitative estimate of drug-likeness (QED) is 0.207. The number of fused-ring (bicyclic) bond motifs is 3. The third kappa shape index (κ3) is 4.25. The van der Waals surface area contributed by atoms with E-state index in [-0.39, 0.29) is 21.1 Å². The fourth-order valence-corrected chi connectivity index (χ4v) is 3.73. The number of ether oxygens (including phenoxy) is 2. The maximum atomic E-state index is 6.14. The van der Waals surface area contributed by atoms with Gasteiger partial charge in [0, 0.05) is 56.2 Å². The summed E-state index contributed by atoms with van der Waals surface area (Å²) in [5.74, 6) is 1.96. The molecule has 0 bridgehead atoms. The molecule has 6 nitrogen and oxygen atoms in total. The number of anilines is 1. The Hall–Kier alpha value is -3.76. The largest absolute Gasteiger partial charge is 0.510 e. The van der Waals surface area contributed by atoms with Crippen LogP contribution in [0.4, 0.5) is 5.69 Å². The van der Waals surface area contributed by atoms with Gasteiger partial charge < -0.3 is 23.7 Å². The zero-order valence-corrected chi connectivity index (χ0v) is 20.3. The van der Waals surface area contributed by atoms with Crippen molar-refractivity contribution in [3.8, 4) is 23.1 Å². The van der Waals surface area contributed by atoms with Gasteiger partial charge in [-0.3, -0.25) is 0 Å². The predicted molar refractivity (Wildman–Crippen MR) is 126 cm³/mol. The van der Waals surface area contributed by atoms with Crippen molar-refractivity contribution in [1.29, 1.82) is 0 Å². The Morgan fingerprint density at radius 2 is 1.76 bits per heavy atom. The van der Waals surface area contributed by atoms with Crippen molar-refractivity contribution in [2.24, 2.45) is 0 Å². The van der Waals surface area contributed by atoms with E-state index in [4.69, 9.17) is 13.9 Å². The van der Waals surface area contributed by atoms with Crippen molar-refractivity contribution < 1.29 is 35.0 Å². The fraction of sp³-hybridized carbons (Fsp3) is 0.0370.